The van der Waals surface area contributed by atoms with E-state index in [-0.39, 0.29) is 21.7 Å². The van der Waals surface area contributed by atoms with Crippen LogP contribution in [0.3, 0.4) is 0 Å². The summed E-state index contributed by atoms with van der Waals surface area (Å²) < 4.78 is 5.43. The van der Waals surface area contributed by atoms with E-state index in [9.17, 15) is 0 Å². The quantitative estimate of drug-likeness (QED) is 0.205. The second kappa shape index (κ2) is 15.9. The van der Waals surface area contributed by atoms with Gasteiger partial charge in [-0.2, -0.15) is 0 Å². The molecule has 0 aromatic rings. The molecule has 1 aliphatic rings. The predicted molar refractivity (Wildman–Crippen MR) is 120 cm³/mol. The molecule has 3 heteroatoms. The summed E-state index contributed by atoms with van der Waals surface area (Å²) in [5.41, 5.74) is 3.57. The molecule has 3 atom stereocenters. The predicted octanol–water partition coefficient (Wildman–Crippen LogP) is 8.56. The molecule has 0 saturated carbocycles. The molecular weight excluding hydrogens is 369 g/mol. The molecule has 0 aliphatic heterocycles. The number of allylic oxidation sites excluding steroid dienone is 6. The van der Waals surface area contributed by atoms with Gasteiger partial charge in [-0.05, 0) is 55.8 Å². The minimum absolute atomic E-state index is 0. The van der Waals surface area contributed by atoms with Crippen molar-refractivity contribution in [2.24, 2.45) is 4.74 Å². The first kappa shape index (κ1) is 28.1. The van der Waals surface area contributed by atoms with Crippen molar-refractivity contribution in [2.45, 2.75) is 97.5 Å². The van der Waals surface area contributed by atoms with Crippen molar-refractivity contribution in [1.29, 1.82) is 0 Å². The van der Waals surface area contributed by atoms with Gasteiger partial charge in [0.15, 0.2) is 0 Å². The van der Waals surface area contributed by atoms with E-state index in [2.05, 4.69) is 79.3 Å². The van der Waals surface area contributed by atoms with Crippen LogP contribution in [0.4, 0.5) is 0 Å². The second-order valence-corrected chi connectivity index (χ2v) is 11.5. The van der Waals surface area contributed by atoms with Crippen LogP contribution < -0.4 is 0 Å². The van der Waals surface area contributed by atoms with E-state index in [1.54, 1.807) is 6.08 Å². The fraction of sp³-hybridized carbons (Fsp3) is 0.652. The van der Waals surface area contributed by atoms with E-state index in [0.717, 1.165) is 29.8 Å². The van der Waals surface area contributed by atoms with E-state index >= 15 is 0 Å². The SMILES string of the molecule is C=CC=CCC.CCC(C)P(=NC1=CC=CC1)(C(C)CC)C(C)CC.[Ti]. The van der Waals surface area contributed by atoms with Crippen molar-refractivity contribution in [3.05, 3.63) is 48.7 Å². The number of hydrogen-bond acceptors (Lipinski definition) is 1. The summed E-state index contributed by atoms with van der Waals surface area (Å²) >= 11 is 0. The number of nitrogens with zero attached hydrogens (tertiary/aromatic N) is 1. The van der Waals surface area contributed by atoms with Crippen LogP contribution in [-0.4, -0.2) is 17.0 Å². The third kappa shape index (κ3) is 8.29. The van der Waals surface area contributed by atoms with Crippen LogP contribution in [0.1, 0.15) is 80.6 Å². The normalized spacial score (nSPS) is 18.7. The van der Waals surface area contributed by atoms with Crippen molar-refractivity contribution in [2.75, 3.05) is 0 Å². The molecule has 0 aromatic carbocycles. The Bertz CT molecular complexity index is 483. The zero-order valence-electron chi connectivity index (χ0n) is 18.3. The molecular formula is C23H42NPTi. The van der Waals surface area contributed by atoms with Gasteiger partial charge >= 0.3 is 0 Å². The first-order valence-electron chi connectivity index (χ1n) is 10.2. The maximum absolute atomic E-state index is 5.43. The first-order chi connectivity index (χ1) is 11.9. The second-order valence-electron chi connectivity index (χ2n) is 7.03. The maximum atomic E-state index is 5.43. The van der Waals surface area contributed by atoms with Gasteiger partial charge in [-0.1, -0.05) is 85.4 Å². The fourth-order valence-electron chi connectivity index (χ4n) is 3.44. The van der Waals surface area contributed by atoms with E-state index in [1.165, 1.54) is 25.0 Å². The summed E-state index contributed by atoms with van der Waals surface area (Å²) in [6, 6.07) is 0. The Morgan fingerprint density at radius 1 is 1.04 bits per heavy atom. The average molecular weight is 411 g/mol. The van der Waals surface area contributed by atoms with Gasteiger partial charge in [0.25, 0.3) is 0 Å². The Morgan fingerprint density at radius 2 is 1.54 bits per heavy atom. The molecule has 1 rings (SSSR count). The molecule has 0 N–H and O–H groups in total. The van der Waals surface area contributed by atoms with E-state index in [1.807, 2.05) is 6.08 Å². The molecule has 0 bridgehead atoms. The monoisotopic (exact) mass is 411 g/mol. The van der Waals surface area contributed by atoms with Gasteiger partial charge in [-0.15, -0.1) is 0 Å². The van der Waals surface area contributed by atoms with Crippen molar-refractivity contribution >= 4 is 7.05 Å². The van der Waals surface area contributed by atoms with Crippen LogP contribution in [-0.2, 0) is 21.7 Å². The molecule has 0 saturated heterocycles. The topological polar surface area (TPSA) is 12.4 Å². The van der Waals surface area contributed by atoms with E-state index in [4.69, 9.17) is 4.74 Å². The minimum atomic E-state index is -1.30. The maximum Gasteiger partial charge on any atom is 0.0425 e. The van der Waals surface area contributed by atoms with E-state index in [0.29, 0.717) is 0 Å². The zero-order valence-corrected chi connectivity index (χ0v) is 20.8. The van der Waals surface area contributed by atoms with Gasteiger partial charge in [-0.3, -0.25) is 4.74 Å². The van der Waals surface area contributed by atoms with Gasteiger partial charge < -0.3 is 0 Å². The van der Waals surface area contributed by atoms with Crippen LogP contribution in [0.25, 0.3) is 0 Å². The largest absolute Gasteiger partial charge is 0.271 e. The Morgan fingerprint density at radius 3 is 1.81 bits per heavy atom. The fourth-order valence-corrected chi connectivity index (χ4v) is 8.99. The van der Waals surface area contributed by atoms with Gasteiger partial charge in [0, 0.05) is 33.8 Å². The third-order valence-corrected chi connectivity index (χ3v) is 11.4. The van der Waals surface area contributed by atoms with E-state index < -0.39 is 7.05 Å². The summed E-state index contributed by atoms with van der Waals surface area (Å²) in [5.74, 6) is 0. The van der Waals surface area contributed by atoms with Gasteiger partial charge in [0.05, 0.1) is 0 Å². The zero-order chi connectivity index (χ0) is 19.3. The van der Waals surface area contributed by atoms with Crippen LogP contribution in [0.15, 0.2) is 53.5 Å². The average Bonchev–Trinajstić information content (AvgIpc) is 3.15. The number of hydrogen-bond donors (Lipinski definition) is 0. The molecule has 148 valence electrons. The molecule has 0 fully saturated rings. The van der Waals surface area contributed by atoms with Crippen molar-refractivity contribution in [1.82, 2.24) is 0 Å². The molecule has 1 nitrogen and oxygen atoms in total. The smallest absolute Gasteiger partial charge is 0.0425 e. The summed E-state index contributed by atoms with van der Waals surface area (Å²) in [5, 5.41) is 0. The molecule has 26 heavy (non-hydrogen) atoms. The standard InChI is InChI=1S/C17H32NP.C6H10.Ti/c1-7-14(4)19(15(5)8-2,16(6)9-3)18-17-12-10-11-13-17;1-3-5-6-4-2;/h10-12,14-16H,7-9,13H2,1-6H3;3,5-6H,1,4H2,2H3;. The van der Waals surface area contributed by atoms with Crippen LogP contribution in [0.5, 0.6) is 0 Å². The third-order valence-electron chi connectivity index (χ3n) is 5.45. The summed E-state index contributed by atoms with van der Waals surface area (Å²) in [6.45, 7) is 19.9. The molecule has 1 aliphatic carbocycles. The summed E-state index contributed by atoms with van der Waals surface area (Å²) in [7, 11) is -1.30. The Balaban J connectivity index is 0. The molecule has 3 unspecified atom stereocenters. The van der Waals surface area contributed by atoms with Gasteiger partial charge in [0.2, 0.25) is 0 Å². The summed E-state index contributed by atoms with van der Waals surface area (Å²) in [4.78, 5) is 0. The molecule has 0 radical (unpaired) electrons. The number of rotatable bonds is 9. The minimum Gasteiger partial charge on any atom is -0.271 e. The van der Waals surface area contributed by atoms with Crippen LogP contribution in [0, 0.1) is 0 Å². The molecule has 0 amide bonds. The Hall–Kier alpha value is -0.0957. The van der Waals surface area contributed by atoms with Crippen molar-refractivity contribution in [3.63, 3.8) is 0 Å². The molecule has 0 heterocycles. The van der Waals surface area contributed by atoms with Gasteiger partial charge in [-0.25, -0.2) is 0 Å². The summed E-state index contributed by atoms with van der Waals surface area (Å²) in [6.07, 6.45) is 18.3. The van der Waals surface area contributed by atoms with Crippen molar-refractivity contribution in [3.8, 4) is 0 Å². The van der Waals surface area contributed by atoms with Crippen LogP contribution >= 0.6 is 7.05 Å². The Kier molecular flexibility index (Phi) is 17.2. The van der Waals surface area contributed by atoms with Gasteiger partial charge in [0.1, 0.15) is 0 Å². The van der Waals surface area contributed by atoms with Crippen LogP contribution in [0.2, 0.25) is 0 Å². The molecule has 0 aromatic heterocycles. The first-order valence-corrected chi connectivity index (χ1v) is 12.1. The molecule has 0 spiro atoms. The Labute approximate surface area is 179 Å². The van der Waals surface area contributed by atoms with Crippen molar-refractivity contribution < 1.29 is 21.7 Å².